The smallest absolute Gasteiger partial charge is 0.0795 e. The quantitative estimate of drug-likeness (QED) is 0.676. The maximum absolute atomic E-state index is 9.01. The first-order valence-corrected chi connectivity index (χ1v) is 7.01. The van der Waals surface area contributed by atoms with E-state index >= 15 is 0 Å². The molecule has 16 heavy (non-hydrogen) atoms. The molecule has 1 N–H and O–H groups in total. The van der Waals surface area contributed by atoms with E-state index in [1.54, 1.807) is 11.3 Å². The fourth-order valence-corrected chi connectivity index (χ4v) is 2.27. The summed E-state index contributed by atoms with van der Waals surface area (Å²) in [5.41, 5.74) is 2.98. The fraction of sp³-hybridized carbons (Fsp3) is 0.750. The normalized spacial score (nSPS) is 11.2. The predicted octanol–water partition coefficient (Wildman–Crippen LogP) is 2.52. The van der Waals surface area contributed by atoms with Gasteiger partial charge in [-0.05, 0) is 13.0 Å². The Bertz CT molecular complexity index is 252. The minimum Gasteiger partial charge on any atom is -0.395 e. The number of unbranched alkanes of at least 4 members (excludes halogenated alkanes) is 3. The molecule has 0 bridgehead atoms. The largest absolute Gasteiger partial charge is 0.395 e. The van der Waals surface area contributed by atoms with Crippen molar-refractivity contribution in [3.05, 3.63) is 16.6 Å². The van der Waals surface area contributed by atoms with E-state index < -0.39 is 0 Å². The van der Waals surface area contributed by atoms with Crippen molar-refractivity contribution in [1.82, 2.24) is 9.88 Å². The minimum atomic E-state index is 0.234. The first kappa shape index (κ1) is 13.6. The second-order valence-corrected chi connectivity index (χ2v) is 4.76. The van der Waals surface area contributed by atoms with Gasteiger partial charge in [0.25, 0.3) is 0 Å². The second kappa shape index (κ2) is 8.67. The number of thiazole rings is 1. The summed E-state index contributed by atoms with van der Waals surface area (Å²) < 4.78 is 0. The van der Waals surface area contributed by atoms with Gasteiger partial charge >= 0.3 is 0 Å². The number of aromatic nitrogens is 1. The first-order valence-electron chi connectivity index (χ1n) is 6.07. The molecule has 0 aliphatic heterocycles. The van der Waals surface area contributed by atoms with Gasteiger partial charge in [-0.1, -0.05) is 26.2 Å². The van der Waals surface area contributed by atoms with Crippen LogP contribution in [-0.2, 0) is 6.54 Å². The third-order valence-corrected chi connectivity index (χ3v) is 3.25. The molecule has 0 amide bonds. The second-order valence-electron chi connectivity index (χ2n) is 4.04. The summed E-state index contributed by atoms with van der Waals surface area (Å²) in [5, 5.41) is 11.1. The van der Waals surface area contributed by atoms with E-state index in [1.165, 1.54) is 25.7 Å². The van der Waals surface area contributed by atoms with Crippen molar-refractivity contribution in [3.8, 4) is 0 Å². The molecule has 3 nitrogen and oxygen atoms in total. The van der Waals surface area contributed by atoms with Gasteiger partial charge < -0.3 is 5.11 Å². The van der Waals surface area contributed by atoms with Gasteiger partial charge in [0.05, 0.1) is 17.8 Å². The van der Waals surface area contributed by atoms with Crippen LogP contribution in [0.1, 0.15) is 38.3 Å². The summed E-state index contributed by atoms with van der Waals surface area (Å²) >= 11 is 1.63. The lowest BCUT2D eigenvalue weighted by Crippen LogP contribution is -2.27. The molecule has 0 saturated carbocycles. The molecular weight excluding hydrogens is 220 g/mol. The third-order valence-electron chi connectivity index (χ3n) is 2.61. The Hall–Kier alpha value is -0.450. The zero-order chi connectivity index (χ0) is 11.6. The molecule has 0 atom stereocenters. The molecule has 4 heteroatoms. The van der Waals surface area contributed by atoms with E-state index in [9.17, 15) is 0 Å². The van der Waals surface area contributed by atoms with E-state index in [0.717, 1.165) is 25.3 Å². The van der Waals surface area contributed by atoms with Crippen LogP contribution in [0, 0.1) is 0 Å². The summed E-state index contributed by atoms with van der Waals surface area (Å²) in [5.74, 6) is 0. The highest BCUT2D eigenvalue weighted by Crippen LogP contribution is 2.07. The van der Waals surface area contributed by atoms with E-state index in [4.69, 9.17) is 5.11 Å². The predicted molar refractivity (Wildman–Crippen MR) is 68.6 cm³/mol. The minimum absolute atomic E-state index is 0.234. The third kappa shape index (κ3) is 5.58. The SMILES string of the molecule is CCCCCCN(CCO)Cc1cscn1. The Morgan fingerprint density at radius 1 is 1.31 bits per heavy atom. The number of aliphatic hydroxyl groups excluding tert-OH is 1. The van der Waals surface area contributed by atoms with Crippen molar-refractivity contribution in [1.29, 1.82) is 0 Å². The van der Waals surface area contributed by atoms with Crippen molar-refractivity contribution in [2.24, 2.45) is 0 Å². The summed E-state index contributed by atoms with van der Waals surface area (Å²) in [7, 11) is 0. The van der Waals surface area contributed by atoms with Gasteiger partial charge in [0, 0.05) is 18.5 Å². The molecule has 0 radical (unpaired) electrons. The molecule has 0 aromatic carbocycles. The molecule has 0 spiro atoms. The number of nitrogens with zero attached hydrogens (tertiary/aromatic N) is 2. The van der Waals surface area contributed by atoms with E-state index in [1.807, 2.05) is 5.51 Å². The molecule has 0 fully saturated rings. The van der Waals surface area contributed by atoms with Crippen LogP contribution in [0.3, 0.4) is 0 Å². The van der Waals surface area contributed by atoms with Crippen LogP contribution >= 0.6 is 11.3 Å². The highest BCUT2D eigenvalue weighted by molar-refractivity contribution is 7.07. The zero-order valence-electron chi connectivity index (χ0n) is 10.1. The number of hydrogen-bond acceptors (Lipinski definition) is 4. The molecule has 0 unspecified atom stereocenters. The summed E-state index contributed by atoms with van der Waals surface area (Å²) in [6, 6.07) is 0. The van der Waals surface area contributed by atoms with Crippen LogP contribution in [0.4, 0.5) is 0 Å². The van der Waals surface area contributed by atoms with Crippen LogP contribution in [0.5, 0.6) is 0 Å². The van der Waals surface area contributed by atoms with Gasteiger partial charge in [0.1, 0.15) is 0 Å². The topological polar surface area (TPSA) is 36.4 Å². The van der Waals surface area contributed by atoms with Crippen molar-refractivity contribution < 1.29 is 5.11 Å². The van der Waals surface area contributed by atoms with Gasteiger partial charge in [0.2, 0.25) is 0 Å². The van der Waals surface area contributed by atoms with Crippen molar-refractivity contribution >= 4 is 11.3 Å². The molecule has 0 aliphatic carbocycles. The zero-order valence-corrected chi connectivity index (χ0v) is 10.9. The van der Waals surface area contributed by atoms with Crippen molar-refractivity contribution in [2.45, 2.75) is 39.2 Å². The number of rotatable bonds is 9. The highest BCUT2D eigenvalue weighted by atomic mass is 32.1. The van der Waals surface area contributed by atoms with Crippen molar-refractivity contribution in [2.75, 3.05) is 19.7 Å². The Morgan fingerprint density at radius 3 is 2.81 bits per heavy atom. The standard InChI is InChI=1S/C12H22N2OS/c1-2-3-4-5-6-14(7-8-15)9-12-10-16-11-13-12/h10-11,15H,2-9H2,1H3. The van der Waals surface area contributed by atoms with Crippen LogP contribution in [0.2, 0.25) is 0 Å². The number of aliphatic hydroxyl groups is 1. The lowest BCUT2D eigenvalue weighted by Gasteiger charge is -2.19. The van der Waals surface area contributed by atoms with E-state index in [0.29, 0.717) is 0 Å². The molecule has 1 aromatic heterocycles. The maximum atomic E-state index is 9.01. The Kier molecular flexibility index (Phi) is 7.38. The maximum Gasteiger partial charge on any atom is 0.0795 e. The highest BCUT2D eigenvalue weighted by Gasteiger charge is 2.06. The van der Waals surface area contributed by atoms with Gasteiger partial charge in [-0.2, -0.15) is 0 Å². The van der Waals surface area contributed by atoms with Gasteiger partial charge in [0.15, 0.2) is 0 Å². The number of hydrogen-bond donors (Lipinski definition) is 1. The first-order chi connectivity index (χ1) is 7.86. The molecule has 1 heterocycles. The molecule has 1 rings (SSSR count). The van der Waals surface area contributed by atoms with Crippen LogP contribution in [0.15, 0.2) is 10.9 Å². The van der Waals surface area contributed by atoms with E-state index in [2.05, 4.69) is 22.2 Å². The Morgan fingerprint density at radius 2 is 2.19 bits per heavy atom. The summed E-state index contributed by atoms with van der Waals surface area (Å²) in [4.78, 5) is 6.56. The Balaban J connectivity index is 2.24. The van der Waals surface area contributed by atoms with Gasteiger partial charge in [-0.3, -0.25) is 4.90 Å². The van der Waals surface area contributed by atoms with Gasteiger partial charge in [-0.25, -0.2) is 4.98 Å². The monoisotopic (exact) mass is 242 g/mol. The summed E-state index contributed by atoms with van der Waals surface area (Å²) in [6.07, 6.45) is 5.09. The average Bonchev–Trinajstić information content (AvgIpc) is 2.77. The van der Waals surface area contributed by atoms with Crippen LogP contribution in [-0.4, -0.2) is 34.7 Å². The summed E-state index contributed by atoms with van der Waals surface area (Å²) in [6.45, 7) is 5.15. The fourth-order valence-electron chi connectivity index (χ4n) is 1.72. The van der Waals surface area contributed by atoms with Crippen LogP contribution < -0.4 is 0 Å². The van der Waals surface area contributed by atoms with Crippen molar-refractivity contribution in [3.63, 3.8) is 0 Å². The van der Waals surface area contributed by atoms with Gasteiger partial charge in [-0.15, -0.1) is 11.3 Å². The molecule has 1 aromatic rings. The lowest BCUT2D eigenvalue weighted by atomic mass is 10.2. The molecular formula is C12H22N2OS. The molecule has 92 valence electrons. The molecule has 0 saturated heterocycles. The van der Waals surface area contributed by atoms with E-state index in [-0.39, 0.29) is 6.61 Å². The lowest BCUT2D eigenvalue weighted by molar-refractivity contribution is 0.186. The Labute approximate surface area is 102 Å². The van der Waals surface area contributed by atoms with Crippen LogP contribution in [0.25, 0.3) is 0 Å². The molecule has 0 aliphatic rings. The average molecular weight is 242 g/mol.